The van der Waals surface area contributed by atoms with Crippen LogP contribution in [0.3, 0.4) is 0 Å². The van der Waals surface area contributed by atoms with Crippen molar-refractivity contribution >= 4 is 56.8 Å². The first-order valence-electron chi connectivity index (χ1n) is 16.4. The Morgan fingerprint density at radius 2 is 1.89 bits per heavy atom. The SMILES string of the molecule is CCOC(=O)C1=C(CN2CCN3C(=O)N(c4cc(F)cc(Oc5ccc(C(=O)O)cc5F)c4)CC3C2)NC(c2nccs2)=NC1c1ccc(F)cc1Br. The fourth-order valence-electron chi connectivity index (χ4n) is 6.53. The number of piperazine rings is 1. The molecular formula is C36H30BrF3N6O6S. The summed E-state index contributed by atoms with van der Waals surface area (Å²) in [6, 6.07) is 9.41. The maximum absolute atomic E-state index is 14.9. The molecule has 53 heavy (non-hydrogen) atoms. The molecule has 7 rings (SSSR count). The van der Waals surface area contributed by atoms with Crippen LogP contribution in [-0.4, -0.2) is 89.1 Å². The maximum atomic E-state index is 14.9. The molecule has 0 radical (unpaired) electrons. The number of anilines is 1. The zero-order chi connectivity index (χ0) is 37.4. The standard InChI is InChI=1S/C36H30BrF3N6O6S/c1-2-51-35(49)30-28(42-32(33-41-7-10-53-33)43-31(30)25-5-4-20(38)14-26(25)37)18-44-8-9-45-23(16-44)17-46(36(45)50)22-12-21(39)13-24(15-22)52-29-6-3-19(34(47)48)11-27(29)40/h3-7,10-15,23,31H,2,8-9,16-18H2,1H3,(H,42,43)(H,47,48). The number of hydrogen-bond donors (Lipinski definition) is 2. The lowest BCUT2D eigenvalue weighted by molar-refractivity contribution is -0.139. The highest BCUT2D eigenvalue weighted by molar-refractivity contribution is 9.10. The number of carboxylic acid groups (broad SMARTS) is 1. The number of nitrogens with zero attached hydrogens (tertiary/aromatic N) is 5. The zero-order valence-corrected chi connectivity index (χ0v) is 30.3. The van der Waals surface area contributed by atoms with Crippen LogP contribution >= 0.6 is 27.3 Å². The van der Waals surface area contributed by atoms with Crippen LogP contribution in [0.1, 0.15) is 33.9 Å². The van der Waals surface area contributed by atoms with Gasteiger partial charge in [0.05, 0.1) is 29.5 Å². The highest BCUT2D eigenvalue weighted by Crippen LogP contribution is 2.38. The minimum absolute atomic E-state index is 0.0804. The molecule has 3 aromatic carbocycles. The number of rotatable bonds is 10. The molecule has 4 heterocycles. The number of aliphatic imine (C=N–C) groups is 1. The Balaban J connectivity index is 1.14. The van der Waals surface area contributed by atoms with Gasteiger partial charge in [0, 0.05) is 66.6 Å². The molecule has 0 saturated carbocycles. The number of carbonyl (C=O) groups is 3. The number of esters is 1. The van der Waals surface area contributed by atoms with Crippen LogP contribution < -0.4 is 15.0 Å². The van der Waals surface area contributed by atoms with E-state index >= 15 is 0 Å². The third-order valence-corrected chi connectivity index (χ3v) is 10.4. The molecule has 2 saturated heterocycles. The average molecular weight is 812 g/mol. The zero-order valence-electron chi connectivity index (χ0n) is 27.9. The van der Waals surface area contributed by atoms with Crippen molar-refractivity contribution in [3.05, 3.63) is 116 Å². The van der Waals surface area contributed by atoms with E-state index in [9.17, 15) is 27.6 Å². The number of fused-ring (bicyclic) bond motifs is 1. The highest BCUT2D eigenvalue weighted by Gasteiger charge is 2.42. The minimum atomic E-state index is -1.31. The van der Waals surface area contributed by atoms with Gasteiger partial charge in [-0.1, -0.05) is 22.0 Å². The molecule has 3 aliphatic rings. The largest absolute Gasteiger partial charge is 0.478 e. The van der Waals surface area contributed by atoms with E-state index < -0.39 is 35.4 Å². The number of hydrogen-bond acceptors (Lipinski definition) is 10. The molecular weight excluding hydrogens is 781 g/mol. The number of carbonyl (C=O) groups excluding carboxylic acids is 2. The Morgan fingerprint density at radius 1 is 1.06 bits per heavy atom. The third-order valence-electron chi connectivity index (χ3n) is 8.91. The molecule has 12 nitrogen and oxygen atoms in total. The van der Waals surface area contributed by atoms with Crippen molar-refractivity contribution in [1.82, 2.24) is 20.1 Å². The normalized spacial score (nSPS) is 18.8. The molecule has 274 valence electrons. The number of nitrogens with one attached hydrogen (secondary N) is 1. The van der Waals surface area contributed by atoms with Gasteiger partial charge in [-0.15, -0.1) is 11.3 Å². The van der Waals surface area contributed by atoms with Crippen LogP contribution in [0.25, 0.3) is 0 Å². The predicted molar refractivity (Wildman–Crippen MR) is 192 cm³/mol. The van der Waals surface area contributed by atoms with E-state index in [1.54, 1.807) is 29.5 Å². The summed E-state index contributed by atoms with van der Waals surface area (Å²) < 4.78 is 55.1. The summed E-state index contributed by atoms with van der Waals surface area (Å²) in [5.41, 5.74) is 1.27. The van der Waals surface area contributed by atoms with Gasteiger partial charge >= 0.3 is 18.0 Å². The summed E-state index contributed by atoms with van der Waals surface area (Å²) in [5, 5.41) is 14.8. The molecule has 17 heteroatoms. The molecule has 2 atom stereocenters. The van der Waals surface area contributed by atoms with Crippen molar-refractivity contribution in [3.63, 3.8) is 0 Å². The Hall–Kier alpha value is -5.26. The van der Waals surface area contributed by atoms with Gasteiger partial charge in [0.1, 0.15) is 23.4 Å². The number of benzene rings is 3. The first-order chi connectivity index (χ1) is 25.5. The lowest BCUT2D eigenvalue weighted by atomic mass is 9.95. The monoisotopic (exact) mass is 810 g/mol. The fraction of sp³-hybridized carbons (Fsp3) is 0.250. The number of amides is 2. The van der Waals surface area contributed by atoms with Crippen molar-refractivity contribution in [2.24, 2.45) is 4.99 Å². The van der Waals surface area contributed by atoms with Gasteiger partial charge in [-0.25, -0.2) is 32.5 Å². The molecule has 0 aliphatic carbocycles. The van der Waals surface area contributed by atoms with Crippen LogP contribution in [-0.2, 0) is 9.53 Å². The Labute approximate surface area is 313 Å². The fourth-order valence-corrected chi connectivity index (χ4v) is 7.68. The van der Waals surface area contributed by atoms with Crippen molar-refractivity contribution in [3.8, 4) is 11.5 Å². The average Bonchev–Trinajstić information content (AvgIpc) is 3.77. The van der Waals surface area contributed by atoms with Crippen LogP contribution in [0, 0.1) is 17.5 Å². The molecule has 2 unspecified atom stereocenters. The number of aromatic nitrogens is 1. The Bertz CT molecular complexity index is 2170. The topological polar surface area (TPSA) is 137 Å². The van der Waals surface area contributed by atoms with Crippen LogP contribution in [0.5, 0.6) is 11.5 Å². The van der Waals surface area contributed by atoms with E-state index in [4.69, 9.17) is 19.6 Å². The van der Waals surface area contributed by atoms with E-state index in [1.807, 2.05) is 0 Å². The van der Waals surface area contributed by atoms with E-state index in [0.717, 1.165) is 24.3 Å². The number of urea groups is 1. The van der Waals surface area contributed by atoms with Gasteiger partial charge in [-0.05, 0) is 48.9 Å². The van der Waals surface area contributed by atoms with Crippen molar-refractivity contribution in [2.45, 2.75) is 19.0 Å². The molecule has 1 aromatic heterocycles. The van der Waals surface area contributed by atoms with Crippen molar-refractivity contribution < 1.29 is 42.1 Å². The molecule has 2 fully saturated rings. The van der Waals surface area contributed by atoms with E-state index in [-0.39, 0.29) is 60.1 Å². The second-order valence-electron chi connectivity index (χ2n) is 12.3. The number of thiazole rings is 1. The molecule has 2 amide bonds. The molecule has 0 spiro atoms. The van der Waals surface area contributed by atoms with Crippen molar-refractivity contribution in [1.29, 1.82) is 0 Å². The summed E-state index contributed by atoms with van der Waals surface area (Å²) in [5.74, 6) is -3.97. The van der Waals surface area contributed by atoms with Crippen LogP contribution in [0.15, 0.2) is 86.9 Å². The number of carboxylic acids is 1. The lowest BCUT2D eigenvalue weighted by Gasteiger charge is -2.38. The Kier molecular flexibility index (Phi) is 10.2. The maximum Gasteiger partial charge on any atom is 0.338 e. The molecule has 4 aromatic rings. The first-order valence-corrected chi connectivity index (χ1v) is 18.1. The van der Waals surface area contributed by atoms with Gasteiger partial charge in [0.2, 0.25) is 0 Å². The highest BCUT2D eigenvalue weighted by atomic mass is 79.9. The second-order valence-corrected chi connectivity index (χ2v) is 14.0. The molecule has 3 aliphatic heterocycles. The summed E-state index contributed by atoms with van der Waals surface area (Å²) in [6.45, 7) is 3.45. The molecule has 0 bridgehead atoms. The molecule has 2 N–H and O–H groups in total. The van der Waals surface area contributed by atoms with Gasteiger partial charge in [0.15, 0.2) is 22.4 Å². The number of amidine groups is 1. The summed E-state index contributed by atoms with van der Waals surface area (Å²) in [7, 11) is 0. The van der Waals surface area contributed by atoms with Crippen molar-refractivity contribution in [2.75, 3.05) is 44.2 Å². The minimum Gasteiger partial charge on any atom is -0.478 e. The van der Waals surface area contributed by atoms with E-state index in [0.29, 0.717) is 46.2 Å². The van der Waals surface area contributed by atoms with Crippen LogP contribution in [0.2, 0.25) is 0 Å². The first kappa shape index (κ1) is 36.1. The van der Waals surface area contributed by atoms with Crippen LogP contribution in [0.4, 0.5) is 23.7 Å². The van der Waals surface area contributed by atoms with E-state index in [1.165, 1.54) is 40.5 Å². The smallest absolute Gasteiger partial charge is 0.338 e. The van der Waals surface area contributed by atoms with Gasteiger partial charge < -0.3 is 24.8 Å². The summed E-state index contributed by atoms with van der Waals surface area (Å²) >= 11 is 4.81. The quantitative estimate of drug-likeness (QED) is 0.176. The Morgan fingerprint density at radius 3 is 2.60 bits per heavy atom. The summed E-state index contributed by atoms with van der Waals surface area (Å²) in [6.07, 6.45) is 1.64. The number of ether oxygens (including phenoxy) is 2. The number of halogens is 4. The third kappa shape index (κ3) is 7.49. The second kappa shape index (κ2) is 15.0. The van der Waals surface area contributed by atoms with E-state index in [2.05, 4.69) is 31.1 Å². The van der Waals surface area contributed by atoms with Gasteiger partial charge in [-0.2, -0.15) is 0 Å². The lowest BCUT2D eigenvalue weighted by Crippen LogP contribution is -2.53. The predicted octanol–water partition coefficient (Wildman–Crippen LogP) is 6.35. The van der Waals surface area contributed by atoms with Gasteiger partial charge in [-0.3, -0.25) is 14.8 Å². The van der Waals surface area contributed by atoms with Gasteiger partial charge in [0.25, 0.3) is 0 Å². The summed E-state index contributed by atoms with van der Waals surface area (Å²) in [4.78, 5) is 52.9. The number of aromatic carboxylic acids is 1.